The van der Waals surface area contributed by atoms with Crippen molar-refractivity contribution in [1.29, 1.82) is 0 Å². The molecule has 0 rings (SSSR count). The van der Waals surface area contributed by atoms with Gasteiger partial charge in [0, 0.05) is 0 Å². The molecule has 0 spiro atoms. The van der Waals surface area contributed by atoms with Crippen LogP contribution in [0.25, 0.3) is 0 Å². The molecule has 62 valence electrons. The molecule has 0 heterocycles. The van der Waals surface area contributed by atoms with Gasteiger partial charge >= 0.3 is 12.1 Å². The number of rotatable bonds is 1. The van der Waals surface area contributed by atoms with Crippen LogP contribution in [0.15, 0.2) is 0 Å². The second kappa shape index (κ2) is 2.34. The van der Waals surface area contributed by atoms with E-state index in [-0.39, 0.29) is 0 Å². The van der Waals surface area contributed by atoms with Crippen LogP contribution in [-0.2, 0) is 0 Å². The van der Waals surface area contributed by atoms with E-state index in [4.69, 9.17) is 0 Å². The second-order valence-electron chi connectivity index (χ2n) is 2.02. The minimum atomic E-state index is -5.48. The van der Waals surface area contributed by atoms with E-state index in [0.717, 1.165) is 0 Å². The third kappa shape index (κ3) is 1.56. The van der Waals surface area contributed by atoms with Gasteiger partial charge in [-0.25, -0.2) is 0 Å². The summed E-state index contributed by atoms with van der Waals surface area (Å²) in [5.41, 5.74) is 2.61. The van der Waals surface area contributed by atoms with E-state index in [1.165, 1.54) is 0 Å². The molecule has 0 amide bonds. The highest BCUT2D eigenvalue weighted by molar-refractivity contribution is 4.79. The Kier molecular flexibility index (Phi) is 2.24. The summed E-state index contributed by atoms with van der Waals surface area (Å²) < 4.78 is 57.6. The van der Waals surface area contributed by atoms with Gasteiger partial charge in [0.2, 0.25) is 0 Å². The van der Waals surface area contributed by atoms with Crippen LogP contribution in [0, 0.1) is 0 Å². The predicted molar refractivity (Wildman–Crippen MR) is 23.4 cm³/mol. The van der Waals surface area contributed by atoms with Crippen LogP contribution in [0.2, 0.25) is 0 Å². The van der Waals surface area contributed by atoms with Crippen LogP contribution in [0.5, 0.6) is 0 Å². The molecule has 1 atom stereocenters. The first-order valence-corrected chi connectivity index (χ1v) is 2.47. The van der Waals surface area contributed by atoms with Crippen molar-refractivity contribution in [3.63, 3.8) is 0 Å². The first-order valence-electron chi connectivity index (χ1n) is 2.47. The zero-order chi connectivity index (χ0) is 8.58. The molecule has 1 nitrogen and oxygen atoms in total. The van der Waals surface area contributed by atoms with Crippen molar-refractivity contribution in [3.05, 3.63) is 0 Å². The summed E-state index contributed by atoms with van der Waals surface area (Å²) >= 11 is 0. The molecule has 0 saturated heterocycles. The Bertz CT molecular complexity index is 115. The molecule has 10 heavy (non-hydrogen) atoms. The highest BCUT2D eigenvalue weighted by Gasteiger charge is 2.62. The molecule has 0 aliphatic rings. The molecule has 0 aromatic rings. The molecule has 1 unspecified atom stereocenters. The molecule has 0 saturated carbocycles. The standard InChI is InChI=1S/C4H6F5N/c1-2(10)3(5,6)4(7,8)9/h2H,10H2,1H3/p+1. The lowest BCUT2D eigenvalue weighted by atomic mass is 10.2. The van der Waals surface area contributed by atoms with Gasteiger partial charge in [0.05, 0.1) is 0 Å². The molecule has 0 aliphatic heterocycles. The van der Waals surface area contributed by atoms with Crippen molar-refractivity contribution in [2.24, 2.45) is 0 Å². The first kappa shape index (κ1) is 9.61. The molecule has 3 N–H and O–H groups in total. The summed E-state index contributed by atoms with van der Waals surface area (Å²) in [6, 6.07) is -1.95. The maximum Gasteiger partial charge on any atom is 0.459 e. The highest BCUT2D eigenvalue weighted by Crippen LogP contribution is 2.36. The van der Waals surface area contributed by atoms with Gasteiger partial charge in [0.15, 0.2) is 6.04 Å². The zero-order valence-electron chi connectivity index (χ0n) is 5.17. The van der Waals surface area contributed by atoms with Crippen LogP contribution >= 0.6 is 0 Å². The van der Waals surface area contributed by atoms with Gasteiger partial charge in [0.1, 0.15) is 0 Å². The van der Waals surface area contributed by atoms with E-state index >= 15 is 0 Å². The SMILES string of the molecule is CC([NH3+])C(F)(F)C(F)(F)F. The maximum atomic E-state index is 11.9. The largest absolute Gasteiger partial charge is 0.459 e. The monoisotopic (exact) mass is 164 g/mol. The fourth-order valence-electron chi connectivity index (χ4n) is 0.279. The molecule has 0 aliphatic carbocycles. The Hall–Kier alpha value is -0.390. The topological polar surface area (TPSA) is 27.6 Å². The summed E-state index contributed by atoms with van der Waals surface area (Å²) in [6.07, 6.45) is -5.48. The van der Waals surface area contributed by atoms with Crippen molar-refractivity contribution < 1.29 is 27.7 Å². The quantitative estimate of drug-likeness (QED) is 0.555. The van der Waals surface area contributed by atoms with E-state index in [9.17, 15) is 22.0 Å². The molecule has 0 aromatic carbocycles. The van der Waals surface area contributed by atoms with Gasteiger partial charge in [-0.3, -0.25) is 0 Å². The van der Waals surface area contributed by atoms with Crippen LogP contribution in [0.4, 0.5) is 22.0 Å². The summed E-state index contributed by atoms with van der Waals surface area (Å²) in [5.74, 6) is -4.67. The van der Waals surface area contributed by atoms with E-state index in [2.05, 4.69) is 5.73 Å². The average Bonchev–Trinajstić information content (AvgIpc) is 1.62. The van der Waals surface area contributed by atoms with Gasteiger partial charge in [0.25, 0.3) is 0 Å². The number of halogens is 5. The van der Waals surface area contributed by atoms with E-state index in [1.54, 1.807) is 0 Å². The molecule has 0 bridgehead atoms. The van der Waals surface area contributed by atoms with Gasteiger partial charge in [-0.2, -0.15) is 22.0 Å². The normalized spacial score (nSPS) is 17.1. The Morgan fingerprint density at radius 2 is 1.40 bits per heavy atom. The lowest BCUT2D eigenvalue weighted by Crippen LogP contribution is -2.70. The van der Waals surface area contributed by atoms with Crippen molar-refractivity contribution in [1.82, 2.24) is 0 Å². The number of quaternary nitrogens is 1. The van der Waals surface area contributed by atoms with Crippen LogP contribution in [0.3, 0.4) is 0 Å². The summed E-state index contributed by atoms with van der Waals surface area (Å²) in [4.78, 5) is 0. The van der Waals surface area contributed by atoms with Gasteiger partial charge in [-0.05, 0) is 6.92 Å². The fourth-order valence-corrected chi connectivity index (χ4v) is 0.279. The Morgan fingerprint density at radius 3 is 1.40 bits per heavy atom. The number of hydrogen-bond donors (Lipinski definition) is 1. The summed E-state index contributed by atoms with van der Waals surface area (Å²) in [6.45, 7) is 0.716. The lowest BCUT2D eigenvalue weighted by molar-refractivity contribution is -0.485. The summed E-state index contributed by atoms with van der Waals surface area (Å²) in [5, 5.41) is 0. The van der Waals surface area contributed by atoms with Crippen molar-refractivity contribution in [2.75, 3.05) is 0 Å². The molecule has 0 fully saturated rings. The molecule has 6 heteroatoms. The van der Waals surface area contributed by atoms with E-state index in [1.807, 2.05) is 0 Å². The lowest BCUT2D eigenvalue weighted by Gasteiger charge is -2.19. The first-order chi connectivity index (χ1) is 4.19. The zero-order valence-corrected chi connectivity index (χ0v) is 5.17. The van der Waals surface area contributed by atoms with Crippen LogP contribution in [-0.4, -0.2) is 18.1 Å². The van der Waals surface area contributed by atoms with Gasteiger partial charge in [-0.15, -0.1) is 0 Å². The Balaban J connectivity index is 4.40. The Labute approximate surface area is 54.0 Å². The third-order valence-electron chi connectivity index (χ3n) is 0.997. The van der Waals surface area contributed by atoms with Gasteiger partial charge < -0.3 is 5.73 Å². The smallest absolute Gasteiger partial charge is 0.350 e. The highest BCUT2D eigenvalue weighted by atomic mass is 19.4. The number of hydrogen-bond acceptors (Lipinski definition) is 0. The fraction of sp³-hybridized carbons (Fsp3) is 1.00. The third-order valence-corrected chi connectivity index (χ3v) is 0.997. The van der Waals surface area contributed by atoms with Crippen molar-refractivity contribution >= 4 is 0 Å². The molecular formula is C4H7F5N+. The molecule has 0 radical (unpaired) electrons. The van der Waals surface area contributed by atoms with Crippen LogP contribution < -0.4 is 5.73 Å². The van der Waals surface area contributed by atoms with Gasteiger partial charge in [-0.1, -0.05) is 0 Å². The predicted octanol–water partition coefficient (Wildman–Crippen LogP) is 0.814. The maximum absolute atomic E-state index is 11.9. The molecule has 0 aromatic heterocycles. The Morgan fingerprint density at radius 1 is 1.10 bits per heavy atom. The minimum absolute atomic E-state index is 0.716. The number of alkyl halides is 5. The average molecular weight is 164 g/mol. The second-order valence-corrected chi connectivity index (χ2v) is 2.02. The van der Waals surface area contributed by atoms with E-state index in [0.29, 0.717) is 6.92 Å². The van der Waals surface area contributed by atoms with Crippen molar-refractivity contribution in [2.45, 2.75) is 25.1 Å². The summed E-state index contributed by atoms with van der Waals surface area (Å²) in [7, 11) is 0. The van der Waals surface area contributed by atoms with Crippen molar-refractivity contribution in [3.8, 4) is 0 Å². The van der Waals surface area contributed by atoms with E-state index < -0.39 is 18.1 Å². The molecular weight excluding hydrogens is 157 g/mol. The minimum Gasteiger partial charge on any atom is -0.350 e. The van der Waals surface area contributed by atoms with Crippen LogP contribution in [0.1, 0.15) is 6.92 Å².